The second-order valence-electron chi connectivity index (χ2n) is 6.94. The number of hydrogen-bond acceptors (Lipinski definition) is 4. The smallest absolute Gasteiger partial charge is 0.336 e. The molecule has 0 saturated heterocycles. The minimum absolute atomic E-state index is 0.230. The van der Waals surface area contributed by atoms with Gasteiger partial charge in [0.1, 0.15) is 11.5 Å². The maximum absolute atomic E-state index is 12.5. The van der Waals surface area contributed by atoms with Crippen molar-refractivity contribution in [3.05, 3.63) is 93.5 Å². The van der Waals surface area contributed by atoms with Gasteiger partial charge in [-0.05, 0) is 74.0 Å². The standard InChI is InChI=1S/C25H22BrNO4/c1-16-4-11-22(17(2)14-16)27-25(29)18-5-9-21(10-6-18)31-24(28)13-7-19-15-20(26)8-12-23(19)30-3/h4-15H,1-3H3,(H,27,29)/b13-7+. The van der Waals surface area contributed by atoms with Gasteiger partial charge in [0, 0.05) is 27.4 Å². The van der Waals surface area contributed by atoms with Crippen LogP contribution < -0.4 is 14.8 Å². The van der Waals surface area contributed by atoms with Crippen molar-refractivity contribution in [3.8, 4) is 11.5 Å². The number of anilines is 1. The Hall–Kier alpha value is -3.38. The molecule has 0 heterocycles. The van der Waals surface area contributed by atoms with Crippen molar-refractivity contribution in [2.75, 3.05) is 12.4 Å². The van der Waals surface area contributed by atoms with E-state index in [0.717, 1.165) is 26.9 Å². The topological polar surface area (TPSA) is 64.6 Å². The molecule has 0 radical (unpaired) electrons. The van der Waals surface area contributed by atoms with Crippen molar-refractivity contribution < 1.29 is 19.1 Å². The Morgan fingerprint density at radius 1 is 0.968 bits per heavy atom. The van der Waals surface area contributed by atoms with E-state index in [0.29, 0.717) is 17.1 Å². The van der Waals surface area contributed by atoms with Crippen LogP contribution >= 0.6 is 15.9 Å². The number of rotatable bonds is 6. The third-order valence-electron chi connectivity index (χ3n) is 4.56. The fraction of sp³-hybridized carbons (Fsp3) is 0.120. The van der Waals surface area contributed by atoms with Gasteiger partial charge in [-0.25, -0.2) is 4.79 Å². The Balaban J connectivity index is 1.63. The molecule has 0 spiro atoms. The van der Waals surface area contributed by atoms with Crippen LogP contribution in [0.4, 0.5) is 5.69 Å². The lowest BCUT2D eigenvalue weighted by molar-refractivity contribution is -0.128. The summed E-state index contributed by atoms with van der Waals surface area (Å²) < 4.78 is 11.5. The van der Waals surface area contributed by atoms with Crippen molar-refractivity contribution in [1.82, 2.24) is 0 Å². The molecule has 3 rings (SSSR count). The number of halogens is 1. The number of methoxy groups -OCH3 is 1. The SMILES string of the molecule is COc1ccc(Br)cc1/C=C/C(=O)Oc1ccc(C(=O)Nc2ccc(C)cc2C)cc1. The summed E-state index contributed by atoms with van der Waals surface area (Å²) in [4.78, 5) is 24.6. The highest BCUT2D eigenvalue weighted by atomic mass is 79.9. The summed E-state index contributed by atoms with van der Waals surface area (Å²) in [6, 6.07) is 17.7. The number of ether oxygens (including phenoxy) is 2. The van der Waals surface area contributed by atoms with E-state index in [1.54, 1.807) is 43.5 Å². The zero-order valence-corrected chi connectivity index (χ0v) is 19.0. The first-order valence-electron chi connectivity index (χ1n) is 9.58. The minimum Gasteiger partial charge on any atom is -0.496 e. The molecule has 0 atom stereocenters. The van der Waals surface area contributed by atoms with E-state index in [4.69, 9.17) is 9.47 Å². The number of nitrogens with one attached hydrogen (secondary N) is 1. The van der Waals surface area contributed by atoms with Gasteiger partial charge in [0.05, 0.1) is 7.11 Å². The van der Waals surface area contributed by atoms with E-state index >= 15 is 0 Å². The van der Waals surface area contributed by atoms with Gasteiger partial charge in [0.15, 0.2) is 0 Å². The van der Waals surface area contributed by atoms with E-state index in [9.17, 15) is 9.59 Å². The lowest BCUT2D eigenvalue weighted by atomic mass is 10.1. The zero-order valence-electron chi connectivity index (χ0n) is 17.4. The molecular weight excluding hydrogens is 458 g/mol. The third-order valence-corrected chi connectivity index (χ3v) is 5.05. The summed E-state index contributed by atoms with van der Waals surface area (Å²) >= 11 is 3.39. The molecule has 6 heteroatoms. The molecule has 0 aromatic heterocycles. The number of benzene rings is 3. The van der Waals surface area contributed by atoms with Crippen molar-refractivity contribution in [3.63, 3.8) is 0 Å². The van der Waals surface area contributed by atoms with Gasteiger partial charge >= 0.3 is 5.97 Å². The Labute approximate surface area is 189 Å². The molecule has 0 aliphatic heterocycles. The molecule has 1 N–H and O–H groups in total. The lowest BCUT2D eigenvalue weighted by Crippen LogP contribution is -2.13. The number of aryl methyl sites for hydroxylation is 2. The molecule has 0 fully saturated rings. The van der Waals surface area contributed by atoms with Crippen molar-refractivity contribution >= 4 is 39.6 Å². The average Bonchev–Trinajstić information content (AvgIpc) is 2.75. The monoisotopic (exact) mass is 479 g/mol. The number of hydrogen-bond donors (Lipinski definition) is 1. The van der Waals surface area contributed by atoms with E-state index in [2.05, 4.69) is 21.2 Å². The average molecular weight is 480 g/mol. The molecule has 1 amide bonds. The van der Waals surface area contributed by atoms with Crippen molar-refractivity contribution in [2.24, 2.45) is 0 Å². The maximum atomic E-state index is 12.5. The molecule has 0 bridgehead atoms. The van der Waals surface area contributed by atoms with Gasteiger partial charge in [-0.2, -0.15) is 0 Å². The molecule has 0 aliphatic carbocycles. The van der Waals surface area contributed by atoms with E-state index < -0.39 is 5.97 Å². The first-order chi connectivity index (χ1) is 14.9. The van der Waals surface area contributed by atoms with Crippen LogP contribution in [0.1, 0.15) is 27.0 Å². The Kier molecular flexibility index (Phi) is 7.26. The van der Waals surface area contributed by atoms with Gasteiger partial charge in [0.25, 0.3) is 5.91 Å². The molecule has 0 aliphatic rings. The lowest BCUT2D eigenvalue weighted by Gasteiger charge is -2.09. The molecule has 0 saturated carbocycles. The van der Waals surface area contributed by atoms with Crippen LogP contribution in [0.25, 0.3) is 6.08 Å². The largest absolute Gasteiger partial charge is 0.496 e. The summed E-state index contributed by atoms with van der Waals surface area (Å²) in [6.45, 7) is 3.95. The summed E-state index contributed by atoms with van der Waals surface area (Å²) in [6.07, 6.45) is 2.95. The maximum Gasteiger partial charge on any atom is 0.336 e. The van der Waals surface area contributed by atoms with Gasteiger partial charge < -0.3 is 14.8 Å². The highest BCUT2D eigenvalue weighted by Crippen LogP contribution is 2.24. The second-order valence-corrected chi connectivity index (χ2v) is 7.85. The van der Waals surface area contributed by atoms with Gasteiger partial charge in [-0.15, -0.1) is 0 Å². The van der Waals surface area contributed by atoms with Crippen molar-refractivity contribution in [2.45, 2.75) is 13.8 Å². The predicted octanol–water partition coefficient (Wildman–Crippen LogP) is 5.95. The Morgan fingerprint density at radius 2 is 1.71 bits per heavy atom. The fourth-order valence-corrected chi connectivity index (χ4v) is 3.34. The first kappa shape index (κ1) is 22.3. The second kappa shape index (κ2) is 10.1. The van der Waals surface area contributed by atoms with Gasteiger partial charge in [0.2, 0.25) is 0 Å². The number of carbonyl (C=O) groups is 2. The van der Waals surface area contributed by atoms with Crippen LogP contribution in [-0.2, 0) is 4.79 Å². The van der Waals surface area contributed by atoms with E-state index in [1.807, 2.05) is 44.2 Å². The van der Waals surface area contributed by atoms with Gasteiger partial charge in [-0.3, -0.25) is 4.79 Å². The highest BCUT2D eigenvalue weighted by Gasteiger charge is 2.09. The fourth-order valence-electron chi connectivity index (χ4n) is 2.97. The van der Waals surface area contributed by atoms with Crippen LogP contribution in [0.3, 0.4) is 0 Å². The first-order valence-corrected chi connectivity index (χ1v) is 10.4. The zero-order chi connectivity index (χ0) is 22.4. The predicted molar refractivity (Wildman–Crippen MR) is 126 cm³/mol. The number of amides is 1. The van der Waals surface area contributed by atoms with Crippen LogP contribution in [0, 0.1) is 13.8 Å². The van der Waals surface area contributed by atoms with Gasteiger partial charge in [-0.1, -0.05) is 33.6 Å². The van der Waals surface area contributed by atoms with Crippen LogP contribution in [0.15, 0.2) is 71.2 Å². The van der Waals surface area contributed by atoms with E-state index in [-0.39, 0.29) is 5.91 Å². The summed E-state index contributed by atoms with van der Waals surface area (Å²) in [5.41, 5.74) is 4.10. The molecule has 3 aromatic carbocycles. The van der Waals surface area contributed by atoms with Crippen LogP contribution in [-0.4, -0.2) is 19.0 Å². The number of carbonyl (C=O) groups excluding carboxylic acids is 2. The normalized spacial score (nSPS) is 10.7. The Bertz CT molecular complexity index is 1140. The highest BCUT2D eigenvalue weighted by molar-refractivity contribution is 9.10. The summed E-state index contributed by atoms with van der Waals surface area (Å²) in [5, 5.41) is 2.89. The third kappa shape index (κ3) is 6.06. The minimum atomic E-state index is -0.533. The quantitative estimate of drug-likeness (QED) is 0.269. The summed E-state index contributed by atoms with van der Waals surface area (Å²) in [5.74, 6) is 0.228. The number of esters is 1. The molecule has 5 nitrogen and oxygen atoms in total. The van der Waals surface area contributed by atoms with Crippen LogP contribution in [0.5, 0.6) is 11.5 Å². The van der Waals surface area contributed by atoms with Crippen LogP contribution in [0.2, 0.25) is 0 Å². The molecular formula is C25H22BrNO4. The molecule has 3 aromatic rings. The van der Waals surface area contributed by atoms with Crippen molar-refractivity contribution in [1.29, 1.82) is 0 Å². The molecule has 0 unspecified atom stereocenters. The van der Waals surface area contributed by atoms with E-state index in [1.165, 1.54) is 6.08 Å². The Morgan fingerprint density at radius 3 is 2.39 bits per heavy atom. The summed E-state index contributed by atoms with van der Waals surface area (Å²) in [7, 11) is 1.57. The molecule has 158 valence electrons. The molecule has 31 heavy (non-hydrogen) atoms.